The smallest absolute Gasteiger partial charge is 0.255 e. The fourth-order valence-corrected chi connectivity index (χ4v) is 9.83. The summed E-state index contributed by atoms with van der Waals surface area (Å²) in [7, 11) is 2.86. The largest absolute Gasteiger partial charge is 0.496 e. The average Bonchev–Trinajstić information content (AvgIpc) is 3.45. The molecule has 0 aliphatic heterocycles. The lowest BCUT2D eigenvalue weighted by molar-refractivity contribution is 0.0883. The minimum atomic E-state index is -0.740. The highest BCUT2D eigenvalue weighted by Crippen LogP contribution is 2.34. The fraction of sp³-hybridized carbons (Fsp3) is 0.586. The molecule has 442 valence electrons. The van der Waals surface area contributed by atoms with Gasteiger partial charge in [-0.05, 0) is 173 Å². The topological polar surface area (TPSA) is 362 Å². The van der Waals surface area contributed by atoms with Crippen molar-refractivity contribution in [2.45, 2.75) is 153 Å². The molecule has 0 saturated heterocycles. The molecule has 2 aliphatic carbocycles. The van der Waals surface area contributed by atoms with Gasteiger partial charge in [0.25, 0.3) is 35.4 Å². The van der Waals surface area contributed by atoms with Crippen LogP contribution in [-0.4, -0.2) is 126 Å². The molecule has 0 bridgehead atoms. The van der Waals surface area contributed by atoms with Crippen LogP contribution in [0, 0.1) is 0 Å². The van der Waals surface area contributed by atoms with E-state index in [0.29, 0.717) is 117 Å². The van der Waals surface area contributed by atoms with Crippen molar-refractivity contribution in [1.29, 1.82) is 0 Å². The summed E-state index contributed by atoms with van der Waals surface area (Å²) in [6.45, 7) is 3.59. The Morgan fingerprint density at radius 2 is 0.575 bits per heavy atom. The van der Waals surface area contributed by atoms with Crippen LogP contribution in [0.15, 0.2) is 36.4 Å². The third-order valence-corrected chi connectivity index (χ3v) is 14.4. The molecule has 0 heterocycles. The van der Waals surface area contributed by atoms with Gasteiger partial charge in [-0.2, -0.15) is 0 Å². The Bertz CT molecular complexity index is 2330. The standard InChI is InChI=1S/C58H88N10O12/c1-75-47-34-48(76-2)44(56(72)66-38-17-21-40(22-18-38)68-58(74)46-32-42(54(64)70)50(78-28-12-4-8-24-60)36-52(46)80-30-14-6-10-26-62)33-43(47)55(71)65-37-15-19-39(20-16-37)67-57(73)45-31-41(53(63)69)49(77-27-11-3-7-23-59)35-51(45)79-29-13-5-9-25-61/h31-40H,3-30,59-62H2,1-2H3,(H2,63,69)(H2,64,70)(H,65,71)(H,66,72)(H,67,73)(H,68,74). The summed E-state index contributed by atoms with van der Waals surface area (Å²) in [6.07, 6.45) is 14.0. The van der Waals surface area contributed by atoms with E-state index in [1.54, 1.807) is 12.1 Å². The lowest BCUT2D eigenvalue weighted by atomic mass is 9.90. The van der Waals surface area contributed by atoms with E-state index < -0.39 is 35.4 Å². The second kappa shape index (κ2) is 34.3. The molecule has 2 saturated carbocycles. The molecule has 80 heavy (non-hydrogen) atoms. The molecule has 2 aliphatic rings. The summed E-state index contributed by atoms with van der Waals surface area (Å²) < 4.78 is 35.4. The Morgan fingerprint density at radius 1 is 0.350 bits per heavy atom. The second-order valence-electron chi connectivity index (χ2n) is 20.5. The summed E-state index contributed by atoms with van der Waals surface area (Å²) in [5.41, 5.74) is 34.9. The van der Waals surface area contributed by atoms with E-state index in [1.807, 2.05) is 0 Å². The van der Waals surface area contributed by atoms with Gasteiger partial charge in [0, 0.05) is 42.4 Å². The fourth-order valence-electron chi connectivity index (χ4n) is 9.83. The number of primary amides is 2. The normalized spacial score (nSPS) is 16.9. The van der Waals surface area contributed by atoms with Crippen LogP contribution < -0.4 is 84.1 Å². The molecule has 0 unspecified atom stereocenters. The lowest BCUT2D eigenvalue weighted by Gasteiger charge is -2.30. The number of methoxy groups -OCH3 is 2. The maximum absolute atomic E-state index is 14.0. The molecule has 22 heteroatoms. The number of carbonyl (C=O) groups excluding carboxylic acids is 6. The van der Waals surface area contributed by atoms with E-state index in [9.17, 15) is 28.8 Å². The van der Waals surface area contributed by atoms with Crippen LogP contribution in [0.25, 0.3) is 0 Å². The molecule has 0 radical (unpaired) electrons. The minimum absolute atomic E-state index is 0.0702. The van der Waals surface area contributed by atoms with Gasteiger partial charge in [-0.25, -0.2) is 0 Å². The summed E-state index contributed by atoms with van der Waals surface area (Å²) in [6, 6.07) is 7.94. The summed E-state index contributed by atoms with van der Waals surface area (Å²) in [4.78, 5) is 81.1. The van der Waals surface area contributed by atoms with Crippen LogP contribution in [0.5, 0.6) is 34.5 Å². The number of rotatable bonds is 36. The van der Waals surface area contributed by atoms with Crippen molar-refractivity contribution in [1.82, 2.24) is 21.3 Å². The van der Waals surface area contributed by atoms with Crippen molar-refractivity contribution in [2.75, 3.05) is 66.8 Å². The number of carbonyl (C=O) groups is 6. The zero-order valence-electron chi connectivity index (χ0n) is 46.9. The first-order valence-corrected chi connectivity index (χ1v) is 28.5. The maximum Gasteiger partial charge on any atom is 0.255 e. The summed E-state index contributed by atoms with van der Waals surface area (Å²) in [5.74, 6) is -1.77. The predicted molar refractivity (Wildman–Crippen MR) is 305 cm³/mol. The van der Waals surface area contributed by atoms with Crippen LogP contribution in [-0.2, 0) is 0 Å². The molecule has 3 aromatic rings. The van der Waals surface area contributed by atoms with E-state index in [-0.39, 0.29) is 92.0 Å². The number of benzene rings is 3. The Hall–Kier alpha value is -6.88. The van der Waals surface area contributed by atoms with Gasteiger partial charge in [-0.1, -0.05) is 0 Å². The van der Waals surface area contributed by atoms with Crippen LogP contribution in [0.2, 0.25) is 0 Å². The molecule has 2 fully saturated rings. The molecule has 16 N–H and O–H groups in total. The SMILES string of the molecule is COc1cc(OC)c(C(=O)NC2CCC(NC(=O)c3cc(C(N)=O)c(OCCCCCN)cc3OCCCCCN)CC2)cc1C(=O)NC1CCC(NC(=O)c2cc(C(N)=O)c(OCCCCCN)cc2OCCCCCN)CC1. The maximum atomic E-state index is 14.0. The number of unbranched alkanes of at least 4 members (excludes halogenated alkanes) is 8. The van der Waals surface area contributed by atoms with E-state index in [2.05, 4.69) is 21.3 Å². The van der Waals surface area contributed by atoms with Gasteiger partial charge in [-0.15, -0.1) is 0 Å². The molecule has 22 nitrogen and oxygen atoms in total. The van der Waals surface area contributed by atoms with Gasteiger partial charge in [0.1, 0.15) is 34.5 Å². The molecule has 5 rings (SSSR count). The molecule has 0 spiro atoms. The molecular formula is C58H88N10O12. The number of ether oxygens (including phenoxy) is 6. The van der Waals surface area contributed by atoms with Crippen molar-refractivity contribution in [2.24, 2.45) is 34.4 Å². The number of hydrogen-bond donors (Lipinski definition) is 10. The van der Waals surface area contributed by atoms with Crippen LogP contribution in [0.4, 0.5) is 0 Å². The molecular weight excluding hydrogens is 1030 g/mol. The van der Waals surface area contributed by atoms with E-state index >= 15 is 0 Å². The average molecular weight is 1120 g/mol. The number of nitrogens with two attached hydrogens (primary N) is 6. The van der Waals surface area contributed by atoms with Gasteiger partial charge < -0.3 is 84.1 Å². The van der Waals surface area contributed by atoms with E-state index in [4.69, 9.17) is 62.8 Å². The quantitative estimate of drug-likeness (QED) is 0.0347. The molecule has 0 atom stereocenters. The van der Waals surface area contributed by atoms with Gasteiger partial charge >= 0.3 is 0 Å². The Kier molecular flexibility index (Phi) is 27.4. The van der Waals surface area contributed by atoms with Gasteiger partial charge in [0.2, 0.25) is 0 Å². The van der Waals surface area contributed by atoms with Crippen molar-refractivity contribution in [3.8, 4) is 34.5 Å². The minimum Gasteiger partial charge on any atom is -0.496 e. The highest BCUT2D eigenvalue weighted by molar-refractivity contribution is 6.05. The van der Waals surface area contributed by atoms with Crippen molar-refractivity contribution < 1.29 is 57.2 Å². The zero-order valence-corrected chi connectivity index (χ0v) is 46.9. The number of hydrogen-bond acceptors (Lipinski definition) is 16. The van der Waals surface area contributed by atoms with Crippen LogP contribution in [0.3, 0.4) is 0 Å². The third-order valence-electron chi connectivity index (χ3n) is 14.4. The molecule has 6 amide bonds. The monoisotopic (exact) mass is 1120 g/mol. The first-order chi connectivity index (χ1) is 38.7. The first-order valence-electron chi connectivity index (χ1n) is 28.5. The highest BCUT2D eigenvalue weighted by Gasteiger charge is 2.31. The number of amides is 6. The van der Waals surface area contributed by atoms with Crippen LogP contribution >= 0.6 is 0 Å². The van der Waals surface area contributed by atoms with E-state index in [0.717, 1.165) is 64.2 Å². The first kappa shape index (κ1) is 63.9. The molecule has 3 aromatic carbocycles. The summed E-state index contributed by atoms with van der Waals surface area (Å²) in [5, 5.41) is 12.4. The Balaban J connectivity index is 1.19. The van der Waals surface area contributed by atoms with Gasteiger partial charge in [0.05, 0.1) is 74.0 Å². The molecule has 0 aromatic heterocycles. The highest BCUT2D eigenvalue weighted by atomic mass is 16.5. The van der Waals surface area contributed by atoms with Gasteiger partial charge in [0.15, 0.2) is 0 Å². The third kappa shape index (κ3) is 19.7. The predicted octanol–water partition coefficient (Wildman–Crippen LogP) is 4.87. The van der Waals surface area contributed by atoms with Crippen molar-refractivity contribution in [3.63, 3.8) is 0 Å². The summed E-state index contributed by atoms with van der Waals surface area (Å²) >= 11 is 0. The van der Waals surface area contributed by atoms with Crippen LogP contribution in [0.1, 0.15) is 191 Å². The van der Waals surface area contributed by atoms with Crippen molar-refractivity contribution >= 4 is 35.4 Å². The van der Waals surface area contributed by atoms with Gasteiger partial charge in [-0.3, -0.25) is 28.8 Å². The Morgan fingerprint density at radius 3 is 0.812 bits per heavy atom. The van der Waals surface area contributed by atoms with Crippen molar-refractivity contribution in [3.05, 3.63) is 69.8 Å². The van der Waals surface area contributed by atoms with E-state index in [1.165, 1.54) is 38.5 Å². The zero-order chi connectivity index (χ0) is 57.8. The number of nitrogens with one attached hydrogen (secondary N) is 4. The Labute approximate surface area is 470 Å². The lowest BCUT2D eigenvalue weighted by Crippen LogP contribution is -2.44. The second-order valence-corrected chi connectivity index (χ2v) is 20.5.